The van der Waals surface area contributed by atoms with Crippen LogP contribution in [0.3, 0.4) is 0 Å². The first-order valence-electron chi connectivity index (χ1n) is 7.31. The molecule has 25 heavy (non-hydrogen) atoms. The number of hydrazone groups is 1. The van der Waals surface area contributed by atoms with Crippen molar-refractivity contribution in [3.8, 4) is 11.5 Å². The zero-order chi connectivity index (χ0) is 18.2. The second-order valence-electron chi connectivity index (χ2n) is 4.77. The van der Waals surface area contributed by atoms with Gasteiger partial charge in [0.15, 0.2) is 6.61 Å². The van der Waals surface area contributed by atoms with Gasteiger partial charge < -0.3 is 9.47 Å². The van der Waals surface area contributed by atoms with Gasteiger partial charge in [-0.3, -0.25) is 4.79 Å². The van der Waals surface area contributed by atoms with E-state index in [1.807, 2.05) is 6.92 Å². The van der Waals surface area contributed by atoms with Crippen LogP contribution in [0.25, 0.3) is 0 Å². The van der Waals surface area contributed by atoms with Gasteiger partial charge in [-0.1, -0.05) is 34.8 Å². The maximum absolute atomic E-state index is 11.8. The standard InChI is InChI=1S/C17H15Cl3N2O3/c1-2-24-15-5-3-12(18)7-11(15)9-21-22-17(23)10-25-16-6-4-13(19)8-14(16)20/h3-9H,2,10H2,1H3,(H,22,23)/b21-9-. The molecule has 0 bridgehead atoms. The molecule has 0 heterocycles. The molecule has 0 atom stereocenters. The molecule has 0 spiro atoms. The molecule has 0 saturated carbocycles. The first-order chi connectivity index (χ1) is 12.0. The fraction of sp³-hybridized carbons (Fsp3) is 0.176. The largest absolute Gasteiger partial charge is 0.493 e. The van der Waals surface area contributed by atoms with Crippen molar-refractivity contribution in [2.45, 2.75) is 6.92 Å². The summed E-state index contributed by atoms with van der Waals surface area (Å²) in [6, 6.07) is 9.87. The zero-order valence-corrected chi connectivity index (χ0v) is 15.5. The summed E-state index contributed by atoms with van der Waals surface area (Å²) in [6.45, 7) is 2.13. The molecule has 0 aliphatic heterocycles. The minimum Gasteiger partial charge on any atom is -0.493 e. The third-order valence-electron chi connectivity index (χ3n) is 2.92. The molecule has 0 aliphatic rings. The van der Waals surface area contributed by atoms with E-state index >= 15 is 0 Å². The average Bonchev–Trinajstić information content (AvgIpc) is 2.56. The molecule has 0 aromatic heterocycles. The summed E-state index contributed by atoms with van der Waals surface area (Å²) >= 11 is 17.7. The smallest absolute Gasteiger partial charge is 0.277 e. The van der Waals surface area contributed by atoms with Gasteiger partial charge >= 0.3 is 0 Å². The van der Waals surface area contributed by atoms with E-state index in [1.165, 1.54) is 12.3 Å². The third-order valence-corrected chi connectivity index (χ3v) is 3.68. The summed E-state index contributed by atoms with van der Waals surface area (Å²) < 4.78 is 10.8. The highest BCUT2D eigenvalue weighted by Crippen LogP contribution is 2.27. The second kappa shape index (κ2) is 9.51. The van der Waals surface area contributed by atoms with E-state index in [0.29, 0.717) is 38.7 Å². The van der Waals surface area contributed by atoms with E-state index in [0.717, 1.165) is 0 Å². The van der Waals surface area contributed by atoms with Crippen LogP contribution >= 0.6 is 34.8 Å². The quantitative estimate of drug-likeness (QED) is 0.546. The Hall–Kier alpha value is -1.95. The van der Waals surface area contributed by atoms with Crippen LogP contribution in [-0.2, 0) is 4.79 Å². The highest BCUT2D eigenvalue weighted by molar-refractivity contribution is 6.35. The lowest BCUT2D eigenvalue weighted by Gasteiger charge is -2.08. The van der Waals surface area contributed by atoms with Gasteiger partial charge in [0.05, 0.1) is 17.8 Å². The Kier molecular flexibility index (Phi) is 7.37. The number of amides is 1. The predicted molar refractivity (Wildman–Crippen MR) is 100 cm³/mol. The molecule has 0 unspecified atom stereocenters. The van der Waals surface area contributed by atoms with Crippen molar-refractivity contribution < 1.29 is 14.3 Å². The number of nitrogens with one attached hydrogen (secondary N) is 1. The van der Waals surface area contributed by atoms with E-state index in [9.17, 15) is 4.79 Å². The highest BCUT2D eigenvalue weighted by Gasteiger charge is 2.06. The van der Waals surface area contributed by atoms with Gasteiger partial charge in [0, 0.05) is 15.6 Å². The van der Waals surface area contributed by atoms with Crippen molar-refractivity contribution in [1.29, 1.82) is 0 Å². The number of ether oxygens (including phenoxy) is 2. The molecular formula is C17H15Cl3N2O3. The average molecular weight is 402 g/mol. The van der Waals surface area contributed by atoms with Gasteiger partial charge in [0.25, 0.3) is 5.91 Å². The number of carbonyl (C=O) groups excluding carboxylic acids is 1. The molecule has 2 rings (SSSR count). The van der Waals surface area contributed by atoms with Crippen LogP contribution in [0.15, 0.2) is 41.5 Å². The summed E-state index contributed by atoms with van der Waals surface area (Å²) in [4.78, 5) is 11.8. The van der Waals surface area contributed by atoms with Gasteiger partial charge in [-0.2, -0.15) is 5.10 Å². The molecule has 8 heteroatoms. The number of rotatable bonds is 7. The number of hydrogen-bond acceptors (Lipinski definition) is 4. The summed E-state index contributed by atoms with van der Waals surface area (Å²) in [5.41, 5.74) is 3.01. The van der Waals surface area contributed by atoms with Crippen LogP contribution < -0.4 is 14.9 Å². The predicted octanol–water partition coefficient (Wildman–Crippen LogP) is 4.57. The fourth-order valence-electron chi connectivity index (χ4n) is 1.85. The maximum atomic E-state index is 11.8. The van der Waals surface area contributed by atoms with Gasteiger partial charge in [-0.05, 0) is 43.3 Å². The summed E-state index contributed by atoms with van der Waals surface area (Å²) in [5.74, 6) is 0.537. The Balaban J connectivity index is 1.91. The Morgan fingerprint density at radius 1 is 1.08 bits per heavy atom. The molecule has 0 saturated heterocycles. The molecular weight excluding hydrogens is 387 g/mol. The topological polar surface area (TPSA) is 59.9 Å². The fourth-order valence-corrected chi connectivity index (χ4v) is 2.49. The SMILES string of the molecule is CCOc1ccc(Cl)cc1/C=N\NC(=O)COc1ccc(Cl)cc1Cl. The lowest BCUT2D eigenvalue weighted by atomic mass is 10.2. The van der Waals surface area contributed by atoms with Crippen LogP contribution in [0.2, 0.25) is 15.1 Å². The van der Waals surface area contributed by atoms with Crippen molar-refractivity contribution in [3.05, 3.63) is 57.0 Å². The number of nitrogens with zero attached hydrogens (tertiary/aromatic N) is 1. The molecule has 2 aromatic rings. The number of carbonyl (C=O) groups is 1. The summed E-state index contributed by atoms with van der Waals surface area (Å²) in [5, 5.41) is 5.22. The highest BCUT2D eigenvalue weighted by atomic mass is 35.5. The molecule has 1 N–H and O–H groups in total. The van der Waals surface area contributed by atoms with E-state index in [4.69, 9.17) is 44.3 Å². The number of halogens is 3. The molecule has 5 nitrogen and oxygen atoms in total. The first-order valence-corrected chi connectivity index (χ1v) is 8.45. The molecule has 132 valence electrons. The number of hydrogen-bond donors (Lipinski definition) is 1. The van der Waals surface area contributed by atoms with Gasteiger partial charge in [0.2, 0.25) is 0 Å². The van der Waals surface area contributed by atoms with Crippen LogP contribution in [0.1, 0.15) is 12.5 Å². The minimum atomic E-state index is -0.442. The Morgan fingerprint density at radius 3 is 2.44 bits per heavy atom. The van der Waals surface area contributed by atoms with Gasteiger partial charge in [-0.25, -0.2) is 5.43 Å². The Labute approximate surface area is 160 Å². The summed E-state index contributed by atoms with van der Waals surface area (Å²) in [6.07, 6.45) is 1.45. The zero-order valence-electron chi connectivity index (χ0n) is 13.3. The normalized spacial score (nSPS) is 10.7. The van der Waals surface area contributed by atoms with Crippen LogP contribution in [0.5, 0.6) is 11.5 Å². The van der Waals surface area contributed by atoms with E-state index in [-0.39, 0.29) is 6.61 Å². The van der Waals surface area contributed by atoms with Crippen molar-refractivity contribution in [3.63, 3.8) is 0 Å². The van der Waals surface area contributed by atoms with Crippen molar-refractivity contribution in [1.82, 2.24) is 5.43 Å². The van der Waals surface area contributed by atoms with Gasteiger partial charge in [0.1, 0.15) is 11.5 Å². The molecule has 0 fully saturated rings. The van der Waals surface area contributed by atoms with Crippen molar-refractivity contribution >= 4 is 46.9 Å². The maximum Gasteiger partial charge on any atom is 0.277 e. The molecule has 1 amide bonds. The van der Waals surface area contributed by atoms with Crippen LogP contribution in [-0.4, -0.2) is 25.3 Å². The van der Waals surface area contributed by atoms with Crippen molar-refractivity contribution in [2.75, 3.05) is 13.2 Å². The third kappa shape index (κ3) is 6.12. The second-order valence-corrected chi connectivity index (χ2v) is 6.05. The Bertz CT molecular complexity index is 782. The van der Waals surface area contributed by atoms with E-state index < -0.39 is 5.91 Å². The van der Waals surface area contributed by atoms with E-state index in [2.05, 4.69) is 10.5 Å². The lowest BCUT2D eigenvalue weighted by molar-refractivity contribution is -0.123. The minimum absolute atomic E-state index is 0.243. The van der Waals surface area contributed by atoms with Crippen LogP contribution in [0, 0.1) is 0 Å². The van der Waals surface area contributed by atoms with E-state index in [1.54, 1.807) is 30.3 Å². The Morgan fingerprint density at radius 2 is 1.76 bits per heavy atom. The monoisotopic (exact) mass is 400 g/mol. The molecule has 0 radical (unpaired) electrons. The molecule has 2 aromatic carbocycles. The van der Waals surface area contributed by atoms with Gasteiger partial charge in [-0.15, -0.1) is 0 Å². The first kappa shape index (κ1) is 19.4. The number of benzene rings is 2. The summed E-state index contributed by atoms with van der Waals surface area (Å²) in [7, 11) is 0. The lowest BCUT2D eigenvalue weighted by Crippen LogP contribution is -2.24. The van der Waals surface area contributed by atoms with Crippen LogP contribution in [0.4, 0.5) is 0 Å². The van der Waals surface area contributed by atoms with Crippen molar-refractivity contribution in [2.24, 2.45) is 5.10 Å². The molecule has 0 aliphatic carbocycles.